The van der Waals surface area contributed by atoms with Crippen LogP contribution in [0.4, 0.5) is 5.69 Å². The molecule has 1 unspecified atom stereocenters. The fraction of sp³-hybridized carbons (Fsp3) is 0.250. The van der Waals surface area contributed by atoms with E-state index in [1.807, 2.05) is 12.1 Å². The van der Waals surface area contributed by atoms with Crippen molar-refractivity contribution >= 4 is 5.69 Å². The van der Waals surface area contributed by atoms with Crippen LogP contribution in [0.3, 0.4) is 0 Å². The monoisotopic (exact) mass is 238 g/mol. The van der Waals surface area contributed by atoms with Gasteiger partial charge in [-0.15, -0.1) is 0 Å². The lowest BCUT2D eigenvalue weighted by molar-refractivity contribution is 0.215. The molecule has 0 aromatic heterocycles. The number of fused-ring (bicyclic) bond motifs is 1. The summed E-state index contributed by atoms with van der Waals surface area (Å²) in [5, 5.41) is 0. The van der Waals surface area contributed by atoms with E-state index >= 15 is 0 Å². The third-order valence-electron chi connectivity index (χ3n) is 3.81. The van der Waals surface area contributed by atoms with E-state index in [0.717, 1.165) is 18.8 Å². The van der Waals surface area contributed by atoms with Gasteiger partial charge in [-0.25, -0.2) is 0 Å². The molecule has 2 aromatic rings. The van der Waals surface area contributed by atoms with Crippen LogP contribution in [0.1, 0.15) is 29.7 Å². The molecule has 1 atom stereocenters. The first-order valence-corrected chi connectivity index (χ1v) is 6.40. The van der Waals surface area contributed by atoms with Crippen molar-refractivity contribution < 1.29 is 0 Å². The average molecular weight is 238 g/mol. The molecule has 2 aromatic carbocycles. The van der Waals surface area contributed by atoms with Crippen molar-refractivity contribution in [2.24, 2.45) is 0 Å². The second-order valence-electron chi connectivity index (χ2n) is 5.02. The lowest BCUT2D eigenvalue weighted by atomic mass is 10.1. The molecule has 0 fully saturated rings. The van der Waals surface area contributed by atoms with Crippen LogP contribution in [0.25, 0.3) is 0 Å². The quantitative estimate of drug-likeness (QED) is 0.813. The van der Waals surface area contributed by atoms with Crippen LogP contribution in [-0.2, 0) is 13.1 Å². The Hall–Kier alpha value is -1.80. The van der Waals surface area contributed by atoms with Gasteiger partial charge in [0, 0.05) is 24.8 Å². The minimum absolute atomic E-state index is 0.404. The van der Waals surface area contributed by atoms with Crippen LogP contribution >= 0.6 is 0 Å². The van der Waals surface area contributed by atoms with E-state index in [2.05, 4.69) is 48.2 Å². The minimum Gasteiger partial charge on any atom is -0.399 e. The molecule has 0 aliphatic carbocycles. The zero-order chi connectivity index (χ0) is 12.5. The number of nitrogens with two attached hydrogens (primary N) is 1. The fourth-order valence-electron chi connectivity index (χ4n) is 2.66. The van der Waals surface area contributed by atoms with Crippen molar-refractivity contribution in [3.63, 3.8) is 0 Å². The summed E-state index contributed by atoms with van der Waals surface area (Å²) in [5.41, 5.74) is 10.9. The SMILES string of the molecule is CC(c1cccc(N)c1)N1Cc2ccccc2C1. The summed E-state index contributed by atoms with van der Waals surface area (Å²) in [5.74, 6) is 0. The van der Waals surface area contributed by atoms with Crippen molar-refractivity contribution in [2.45, 2.75) is 26.1 Å². The average Bonchev–Trinajstić information content (AvgIpc) is 2.81. The van der Waals surface area contributed by atoms with Crippen LogP contribution in [0.5, 0.6) is 0 Å². The highest BCUT2D eigenvalue weighted by atomic mass is 15.2. The van der Waals surface area contributed by atoms with Crippen molar-refractivity contribution in [3.8, 4) is 0 Å². The Kier molecular flexibility index (Phi) is 2.80. The van der Waals surface area contributed by atoms with Crippen LogP contribution in [0.2, 0.25) is 0 Å². The first-order chi connectivity index (χ1) is 8.74. The smallest absolute Gasteiger partial charge is 0.0327 e. The summed E-state index contributed by atoms with van der Waals surface area (Å²) < 4.78 is 0. The third kappa shape index (κ3) is 2.00. The van der Waals surface area contributed by atoms with Gasteiger partial charge in [-0.05, 0) is 35.7 Å². The summed E-state index contributed by atoms with van der Waals surface area (Å²) in [6.07, 6.45) is 0. The van der Waals surface area contributed by atoms with Crippen LogP contribution in [0, 0.1) is 0 Å². The van der Waals surface area contributed by atoms with Crippen LogP contribution in [-0.4, -0.2) is 4.90 Å². The highest BCUT2D eigenvalue weighted by Gasteiger charge is 2.23. The van der Waals surface area contributed by atoms with E-state index in [4.69, 9.17) is 5.73 Å². The zero-order valence-corrected chi connectivity index (χ0v) is 10.6. The molecule has 0 saturated carbocycles. The molecular weight excluding hydrogens is 220 g/mol. The molecule has 0 saturated heterocycles. The lowest BCUT2D eigenvalue weighted by Gasteiger charge is -2.24. The Bertz CT molecular complexity index is 538. The summed E-state index contributed by atoms with van der Waals surface area (Å²) in [4.78, 5) is 2.49. The van der Waals surface area contributed by atoms with Crippen molar-refractivity contribution in [3.05, 3.63) is 65.2 Å². The predicted octanol–water partition coefficient (Wildman–Crippen LogP) is 3.35. The fourth-order valence-corrected chi connectivity index (χ4v) is 2.66. The van der Waals surface area contributed by atoms with E-state index in [1.54, 1.807) is 0 Å². The van der Waals surface area contributed by atoms with Gasteiger partial charge in [0.1, 0.15) is 0 Å². The van der Waals surface area contributed by atoms with E-state index in [9.17, 15) is 0 Å². The molecule has 1 heterocycles. The summed E-state index contributed by atoms with van der Waals surface area (Å²) in [6.45, 7) is 4.32. The van der Waals surface area contributed by atoms with Gasteiger partial charge in [-0.1, -0.05) is 36.4 Å². The van der Waals surface area contributed by atoms with Crippen molar-refractivity contribution in [2.75, 3.05) is 5.73 Å². The molecular formula is C16H18N2. The van der Waals surface area contributed by atoms with Crippen LogP contribution < -0.4 is 5.73 Å². The van der Waals surface area contributed by atoms with E-state index in [-0.39, 0.29) is 0 Å². The molecule has 0 amide bonds. The molecule has 3 rings (SSSR count). The van der Waals surface area contributed by atoms with Gasteiger partial charge in [0.15, 0.2) is 0 Å². The maximum absolute atomic E-state index is 5.86. The Balaban J connectivity index is 1.82. The standard InChI is InChI=1S/C16H18N2/c1-12(13-7-4-8-16(17)9-13)18-10-14-5-2-3-6-15(14)11-18/h2-9,12H,10-11,17H2,1H3. The highest BCUT2D eigenvalue weighted by Crippen LogP contribution is 2.31. The molecule has 0 spiro atoms. The van der Waals surface area contributed by atoms with Gasteiger partial charge < -0.3 is 5.73 Å². The second-order valence-corrected chi connectivity index (χ2v) is 5.02. The normalized spacial score (nSPS) is 16.5. The summed E-state index contributed by atoms with van der Waals surface area (Å²) in [6, 6.07) is 17.3. The number of hydrogen-bond acceptors (Lipinski definition) is 2. The summed E-state index contributed by atoms with van der Waals surface area (Å²) >= 11 is 0. The highest BCUT2D eigenvalue weighted by molar-refractivity contribution is 5.42. The maximum atomic E-state index is 5.86. The molecule has 2 heteroatoms. The molecule has 1 aliphatic heterocycles. The largest absolute Gasteiger partial charge is 0.399 e. The van der Waals surface area contributed by atoms with Gasteiger partial charge >= 0.3 is 0 Å². The van der Waals surface area contributed by atoms with Crippen molar-refractivity contribution in [1.82, 2.24) is 4.90 Å². The number of hydrogen-bond donors (Lipinski definition) is 1. The number of anilines is 1. The first-order valence-electron chi connectivity index (χ1n) is 6.40. The Morgan fingerprint density at radius 1 is 1.00 bits per heavy atom. The molecule has 92 valence electrons. The predicted molar refractivity (Wildman–Crippen MR) is 75.0 cm³/mol. The molecule has 2 nitrogen and oxygen atoms in total. The minimum atomic E-state index is 0.404. The molecule has 0 bridgehead atoms. The van der Waals surface area contributed by atoms with Gasteiger partial charge in [-0.3, -0.25) is 4.90 Å². The Morgan fingerprint density at radius 3 is 2.28 bits per heavy atom. The van der Waals surface area contributed by atoms with Gasteiger partial charge in [0.05, 0.1) is 0 Å². The maximum Gasteiger partial charge on any atom is 0.0327 e. The Labute approximate surface area is 108 Å². The zero-order valence-electron chi connectivity index (χ0n) is 10.6. The molecule has 18 heavy (non-hydrogen) atoms. The Morgan fingerprint density at radius 2 is 1.67 bits per heavy atom. The van der Waals surface area contributed by atoms with E-state index < -0.39 is 0 Å². The van der Waals surface area contributed by atoms with Crippen molar-refractivity contribution in [1.29, 1.82) is 0 Å². The van der Waals surface area contributed by atoms with E-state index in [1.165, 1.54) is 16.7 Å². The number of rotatable bonds is 2. The lowest BCUT2D eigenvalue weighted by Crippen LogP contribution is -2.20. The molecule has 1 aliphatic rings. The molecule has 2 N–H and O–H groups in total. The molecule has 0 radical (unpaired) electrons. The van der Waals surface area contributed by atoms with Gasteiger partial charge in [-0.2, -0.15) is 0 Å². The third-order valence-corrected chi connectivity index (χ3v) is 3.81. The van der Waals surface area contributed by atoms with E-state index in [0.29, 0.717) is 6.04 Å². The van der Waals surface area contributed by atoms with Gasteiger partial charge in [0.25, 0.3) is 0 Å². The topological polar surface area (TPSA) is 29.3 Å². The first kappa shape index (κ1) is 11.3. The van der Waals surface area contributed by atoms with Gasteiger partial charge in [0.2, 0.25) is 0 Å². The second kappa shape index (κ2) is 4.46. The number of nitrogen functional groups attached to an aromatic ring is 1. The van der Waals surface area contributed by atoms with Crippen LogP contribution in [0.15, 0.2) is 48.5 Å². The summed E-state index contributed by atoms with van der Waals surface area (Å²) in [7, 11) is 0. The number of nitrogens with zero attached hydrogens (tertiary/aromatic N) is 1. The number of benzene rings is 2.